The number of imide groups is 1. The summed E-state index contributed by atoms with van der Waals surface area (Å²) in [7, 11) is 0. The van der Waals surface area contributed by atoms with Gasteiger partial charge in [-0.25, -0.2) is 9.78 Å². The Kier molecular flexibility index (Phi) is 4.13. The van der Waals surface area contributed by atoms with E-state index < -0.39 is 0 Å². The zero-order chi connectivity index (χ0) is 19.3. The van der Waals surface area contributed by atoms with Crippen LogP contribution in [-0.4, -0.2) is 53.3 Å². The van der Waals surface area contributed by atoms with Crippen LogP contribution in [0, 0.1) is 6.92 Å². The molecule has 3 aliphatic rings. The number of nitrogens with zero attached hydrogens (tertiary/aromatic N) is 3. The first-order chi connectivity index (χ1) is 13.5. The molecule has 5 rings (SSSR count). The van der Waals surface area contributed by atoms with Crippen molar-refractivity contribution in [3.63, 3.8) is 0 Å². The van der Waals surface area contributed by atoms with Crippen molar-refractivity contribution in [2.45, 2.75) is 44.2 Å². The van der Waals surface area contributed by atoms with Gasteiger partial charge in [0.2, 0.25) is 5.91 Å². The Morgan fingerprint density at radius 3 is 2.89 bits per heavy atom. The molecule has 3 saturated heterocycles. The Morgan fingerprint density at radius 1 is 1.29 bits per heavy atom. The molecule has 28 heavy (non-hydrogen) atoms. The number of aromatic nitrogens is 2. The van der Waals surface area contributed by atoms with Crippen LogP contribution < -0.4 is 15.5 Å². The molecule has 3 amide bonds. The summed E-state index contributed by atoms with van der Waals surface area (Å²) in [5, 5.41) is 6.81. The van der Waals surface area contributed by atoms with Gasteiger partial charge < -0.3 is 14.6 Å². The molecule has 3 aliphatic heterocycles. The number of hydrogen-bond acceptors (Lipinski definition) is 5. The number of amides is 3. The first kappa shape index (κ1) is 17.6. The van der Waals surface area contributed by atoms with E-state index in [4.69, 9.17) is 9.72 Å². The second-order valence-corrected chi connectivity index (χ2v) is 8.14. The van der Waals surface area contributed by atoms with Gasteiger partial charge >= 0.3 is 6.03 Å². The first-order valence-corrected chi connectivity index (χ1v) is 9.98. The Bertz CT molecular complexity index is 947. The monoisotopic (exact) mass is 383 g/mol. The van der Waals surface area contributed by atoms with Gasteiger partial charge in [0.05, 0.1) is 30.1 Å². The number of aryl methyl sites for hydroxylation is 1. The number of anilines is 1. The fourth-order valence-electron chi connectivity index (χ4n) is 4.75. The molecule has 148 valence electrons. The molecule has 0 saturated carbocycles. The molecular formula is C20H25N5O3. The lowest BCUT2D eigenvalue weighted by atomic mass is 9.88. The lowest BCUT2D eigenvalue weighted by Gasteiger charge is -2.32. The fourth-order valence-corrected chi connectivity index (χ4v) is 4.75. The van der Waals surface area contributed by atoms with E-state index in [0.717, 1.165) is 54.6 Å². The highest BCUT2D eigenvalue weighted by molar-refractivity contribution is 6.06. The third-order valence-corrected chi connectivity index (χ3v) is 6.32. The van der Waals surface area contributed by atoms with Crippen molar-refractivity contribution in [1.29, 1.82) is 0 Å². The van der Waals surface area contributed by atoms with Crippen LogP contribution in [0.2, 0.25) is 0 Å². The summed E-state index contributed by atoms with van der Waals surface area (Å²) in [5.41, 5.74) is 2.77. The Hall–Kier alpha value is -2.45. The van der Waals surface area contributed by atoms with Crippen molar-refractivity contribution in [1.82, 2.24) is 20.2 Å². The molecule has 0 aromatic carbocycles. The summed E-state index contributed by atoms with van der Waals surface area (Å²) < 4.78 is 8.51. The lowest BCUT2D eigenvalue weighted by Crippen LogP contribution is -2.49. The highest BCUT2D eigenvalue weighted by Crippen LogP contribution is 2.41. The number of carbonyl (C=O) groups excluding carboxylic acids is 2. The van der Waals surface area contributed by atoms with Gasteiger partial charge in [-0.05, 0) is 50.9 Å². The van der Waals surface area contributed by atoms with E-state index in [1.807, 2.05) is 6.07 Å². The zero-order valence-electron chi connectivity index (χ0n) is 16.0. The zero-order valence-corrected chi connectivity index (χ0v) is 16.0. The molecule has 8 nitrogen and oxygen atoms in total. The summed E-state index contributed by atoms with van der Waals surface area (Å²) in [6.07, 6.45) is 7.31. The molecule has 2 N–H and O–H groups in total. The molecule has 0 bridgehead atoms. The number of carbonyl (C=O) groups is 2. The second kappa shape index (κ2) is 6.56. The highest BCUT2D eigenvalue weighted by atomic mass is 16.5. The number of pyridine rings is 1. The van der Waals surface area contributed by atoms with Crippen LogP contribution in [0.5, 0.6) is 0 Å². The molecule has 2 aromatic rings. The molecule has 3 fully saturated rings. The third-order valence-electron chi connectivity index (χ3n) is 6.32. The standard InChI is InChI=1S/C20H25N5O3/c1-13-11-25(15-9-20(28-12-15)3-5-21-6-4-20)18-16(13)8-14(10-22-18)24-7-2-17(26)23-19(24)27/h8,10-11,15,21H,2-7,9,12H2,1H3,(H,23,26,27)/t15-/m1/s1. The minimum Gasteiger partial charge on any atom is -0.373 e. The highest BCUT2D eigenvalue weighted by Gasteiger charge is 2.42. The van der Waals surface area contributed by atoms with E-state index >= 15 is 0 Å². The van der Waals surface area contributed by atoms with E-state index in [9.17, 15) is 9.59 Å². The van der Waals surface area contributed by atoms with E-state index in [1.54, 1.807) is 11.1 Å². The SMILES string of the molecule is Cc1cn([C@H]2COC3(CCNCC3)C2)c2ncc(N3CCC(=O)NC3=O)cc12. The van der Waals surface area contributed by atoms with Crippen molar-refractivity contribution in [2.24, 2.45) is 0 Å². The summed E-state index contributed by atoms with van der Waals surface area (Å²) in [6, 6.07) is 1.90. The normalized spacial score (nSPS) is 24.9. The Morgan fingerprint density at radius 2 is 2.11 bits per heavy atom. The van der Waals surface area contributed by atoms with E-state index in [2.05, 4.69) is 28.3 Å². The van der Waals surface area contributed by atoms with Gasteiger partial charge in [-0.15, -0.1) is 0 Å². The molecular weight excluding hydrogens is 358 g/mol. The number of ether oxygens (including phenoxy) is 1. The van der Waals surface area contributed by atoms with Crippen LogP contribution >= 0.6 is 0 Å². The molecule has 5 heterocycles. The Labute approximate surface area is 163 Å². The Balaban J connectivity index is 1.44. The molecule has 0 unspecified atom stereocenters. The van der Waals surface area contributed by atoms with Crippen LogP contribution in [0.3, 0.4) is 0 Å². The van der Waals surface area contributed by atoms with Crippen molar-refractivity contribution in [3.05, 3.63) is 24.0 Å². The minimum absolute atomic E-state index is 0.00121. The van der Waals surface area contributed by atoms with Gasteiger partial charge in [0, 0.05) is 24.5 Å². The predicted octanol–water partition coefficient (Wildman–Crippen LogP) is 1.87. The maximum Gasteiger partial charge on any atom is 0.328 e. The maximum absolute atomic E-state index is 12.2. The largest absolute Gasteiger partial charge is 0.373 e. The quantitative estimate of drug-likeness (QED) is 0.827. The van der Waals surface area contributed by atoms with Gasteiger partial charge in [-0.2, -0.15) is 0 Å². The minimum atomic E-state index is -0.383. The average Bonchev–Trinajstić information content (AvgIpc) is 3.24. The third kappa shape index (κ3) is 2.87. The van der Waals surface area contributed by atoms with Crippen molar-refractivity contribution < 1.29 is 14.3 Å². The number of urea groups is 1. The molecule has 0 aliphatic carbocycles. The van der Waals surface area contributed by atoms with Crippen LogP contribution in [0.25, 0.3) is 11.0 Å². The molecule has 0 radical (unpaired) electrons. The average molecular weight is 383 g/mol. The maximum atomic E-state index is 12.2. The van der Waals surface area contributed by atoms with Crippen LogP contribution in [0.4, 0.5) is 10.5 Å². The van der Waals surface area contributed by atoms with Gasteiger partial charge in [-0.3, -0.25) is 15.0 Å². The van der Waals surface area contributed by atoms with E-state index in [-0.39, 0.29) is 23.6 Å². The predicted molar refractivity (Wildman–Crippen MR) is 104 cm³/mol. The van der Waals surface area contributed by atoms with Crippen LogP contribution in [0.1, 0.15) is 37.3 Å². The fraction of sp³-hybridized carbons (Fsp3) is 0.550. The van der Waals surface area contributed by atoms with E-state index in [0.29, 0.717) is 19.6 Å². The van der Waals surface area contributed by atoms with E-state index in [1.165, 1.54) is 0 Å². The first-order valence-electron chi connectivity index (χ1n) is 9.98. The topological polar surface area (TPSA) is 88.5 Å². The molecule has 1 spiro atoms. The lowest BCUT2D eigenvalue weighted by molar-refractivity contribution is -0.120. The van der Waals surface area contributed by atoms with Crippen molar-refractivity contribution in [3.8, 4) is 0 Å². The summed E-state index contributed by atoms with van der Waals surface area (Å²) in [5.74, 6) is -0.231. The van der Waals surface area contributed by atoms with Gasteiger partial charge in [0.1, 0.15) is 5.65 Å². The molecule has 8 heteroatoms. The summed E-state index contributed by atoms with van der Waals surface area (Å²) in [4.78, 5) is 29.8. The molecule has 1 atom stereocenters. The van der Waals surface area contributed by atoms with Gasteiger partial charge in [0.25, 0.3) is 0 Å². The van der Waals surface area contributed by atoms with Gasteiger partial charge in [-0.1, -0.05) is 0 Å². The number of fused-ring (bicyclic) bond motifs is 1. The van der Waals surface area contributed by atoms with Crippen LogP contribution in [0.15, 0.2) is 18.5 Å². The summed E-state index contributed by atoms with van der Waals surface area (Å²) in [6.45, 7) is 5.19. The number of nitrogens with one attached hydrogen (secondary N) is 2. The van der Waals surface area contributed by atoms with Crippen molar-refractivity contribution in [2.75, 3.05) is 31.1 Å². The number of hydrogen-bond donors (Lipinski definition) is 2. The van der Waals surface area contributed by atoms with Crippen molar-refractivity contribution >= 4 is 28.7 Å². The molecule has 2 aromatic heterocycles. The number of piperidine rings is 1. The smallest absolute Gasteiger partial charge is 0.328 e. The number of rotatable bonds is 2. The summed E-state index contributed by atoms with van der Waals surface area (Å²) >= 11 is 0. The van der Waals surface area contributed by atoms with Crippen LogP contribution in [-0.2, 0) is 9.53 Å². The second-order valence-electron chi connectivity index (χ2n) is 8.14. The van der Waals surface area contributed by atoms with Gasteiger partial charge in [0.15, 0.2) is 0 Å².